The zero-order valence-corrected chi connectivity index (χ0v) is 21.7. The second-order valence-electron chi connectivity index (χ2n) is 9.06. The average molecular weight is 499 g/mol. The molecule has 3 rings (SSSR count). The number of nitrogens with zero attached hydrogens (tertiary/aromatic N) is 1. The van der Waals surface area contributed by atoms with E-state index in [-0.39, 0.29) is 4.90 Å². The summed E-state index contributed by atoms with van der Waals surface area (Å²) in [5.74, 6) is -1.07. The molecule has 188 valence electrons. The zero-order valence-electron chi connectivity index (χ0n) is 20.8. The van der Waals surface area contributed by atoms with Crippen molar-refractivity contribution in [2.45, 2.75) is 64.4 Å². The number of ether oxygens (including phenoxy) is 1. The highest BCUT2D eigenvalue weighted by atomic mass is 32.2. The van der Waals surface area contributed by atoms with Gasteiger partial charge in [0.2, 0.25) is 10.0 Å². The van der Waals surface area contributed by atoms with E-state index in [1.807, 2.05) is 32.9 Å². The maximum atomic E-state index is 12.9. The second kappa shape index (κ2) is 11.6. The Hall–Kier alpha value is -2.97. The molecule has 0 aromatic heterocycles. The summed E-state index contributed by atoms with van der Waals surface area (Å²) >= 11 is 0. The molecule has 2 aromatic carbocycles. The minimum absolute atomic E-state index is 0.242. The van der Waals surface area contributed by atoms with Crippen molar-refractivity contribution in [3.05, 3.63) is 64.7 Å². The molecule has 7 nitrogen and oxygen atoms in total. The van der Waals surface area contributed by atoms with Crippen LogP contribution in [0, 0.1) is 20.8 Å². The topological polar surface area (TPSA) is 92.8 Å². The van der Waals surface area contributed by atoms with Crippen molar-refractivity contribution in [3.63, 3.8) is 0 Å². The van der Waals surface area contributed by atoms with E-state index in [2.05, 4.69) is 5.32 Å². The minimum Gasteiger partial charge on any atom is -0.449 e. The summed E-state index contributed by atoms with van der Waals surface area (Å²) in [5.41, 5.74) is 4.36. The normalized spacial score (nSPS) is 16.0. The molecular weight excluding hydrogens is 464 g/mol. The van der Waals surface area contributed by atoms with Crippen molar-refractivity contribution >= 4 is 33.7 Å². The van der Waals surface area contributed by atoms with E-state index in [0.717, 1.165) is 42.4 Å². The maximum absolute atomic E-state index is 12.9. The lowest BCUT2D eigenvalue weighted by atomic mass is 10.0. The summed E-state index contributed by atoms with van der Waals surface area (Å²) in [7, 11) is -3.52. The molecule has 0 bridgehead atoms. The number of sulfonamides is 1. The predicted molar refractivity (Wildman–Crippen MR) is 138 cm³/mol. The molecular formula is C27H34N2O5S. The first kappa shape index (κ1) is 26.6. The smallest absolute Gasteiger partial charge is 0.331 e. The molecule has 35 heavy (non-hydrogen) atoms. The number of rotatable bonds is 7. The first-order valence-electron chi connectivity index (χ1n) is 12.0. The Bertz CT molecular complexity index is 1170. The number of amides is 1. The number of nitrogens with one attached hydrogen (secondary N) is 1. The first-order valence-corrected chi connectivity index (χ1v) is 13.4. The zero-order chi connectivity index (χ0) is 25.6. The molecule has 2 aromatic rings. The molecule has 1 unspecified atom stereocenters. The van der Waals surface area contributed by atoms with Crippen molar-refractivity contribution in [1.82, 2.24) is 4.31 Å². The fourth-order valence-electron chi connectivity index (χ4n) is 4.22. The number of hydrogen-bond donors (Lipinski definition) is 1. The first-order chi connectivity index (χ1) is 16.6. The maximum Gasteiger partial charge on any atom is 0.331 e. The second-order valence-corrected chi connectivity index (χ2v) is 11.0. The van der Waals surface area contributed by atoms with Gasteiger partial charge in [0.1, 0.15) is 0 Å². The SMILES string of the molecule is Cc1cc(C)c(NC(=O)C(C)OC(=O)/C=C/c2ccc(S(=O)(=O)N3CCCCCC3)cc2)c(C)c1. The standard InChI is InChI=1S/C27H34N2O5S/c1-19-17-20(2)26(21(3)18-19)28-27(31)22(4)34-25(30)14-11-23-9-12-24(13-10-23)35(32,33)29-15-7-5-6-8-16-29/h9-14,17-18,22H,5-8,15-16H2,1-4H3,(H,28,31)/b14-11+. The molecule has 1 N–H and O–H groups in total. The Balaban J connectivity index is 1.58. The largest absolute Gasteiger partial charge is 0.449 e. The molecule has 0 radical (unpaired) electrons. The van der Waals surface area contributed by atoms with Gasteiger partial charge in [-0.15, -0.1) is 0 Å². The van der Waals surface area contributed by atoms with Crippen molar-refractivity contribution in [2.24, 2.45) is 0 Å². The highest BCUT2D eigenvalue weighted by Gasteiger charge is 2.25. The Morgan fingerprint density at radius 2 is 1.54 bits per heavy atom. The van der Waals surface area contributed by atoms with Gasteiger partial charge in [-0.3, -0.25) is 4.79 Å². The predicted octanol–water partition coefficient (Wildman–Crippen LogP) is 4.76. The van der Waals surface area contributed by atoms with E-state index in [0.29, 0.717) is 24.3 Å². The fourth-order valence-corrected chi connectivity index (χ4v) is 5.73. The van der Waals surface area contributed by atoms with Crippen LogP contribution in [-0.2, 0) is 24.3 Å². The van der Waals surface area contributed by atoms with Crippen molar-refractivity contribution in [1.29, 1.82) is 0 Å². The summed E-state index contributed by atoms with van der Waals surface area (Å²) in [5, 5.41) is 2.83. The third-order valence-electron chi connectivity index (χ3n) is 6.08. The van der Waals surface area contributed by atoms with Crippen molar-refractivity contribution in [2.75, 3.05) is 18.4 Å². The number of esters is 1. The number of carbonyl (C=O) groups excluding carboxylic acids is 2. The minimum atomic E-state index is -3.52. The Morgan fingerprint density at radius 3 is 2.11 bits per heavy atom. The van der Waals surface area contributed by atoms with Crippen LogP contribution in [0.4, 0.5) is 5.69 Å². The van der Waals surface area contributed by atoms with E-state index in [4.69, 9.17) is 4.74 Å². The number of benzene rings is 2. The summed E-state index contributed by atoms with van der Waals surface area (Å²) in [4.78, 5) is 25.0. The molecule has 1 saturated heterocycles. The summed E-state index contributed by atoms with van der Waals surface area (Å²) in [6, 6.07) is 10.3. The summed E-state index contributed by atoms with van der Waals surface area (Å²) in [6.45, 7) is 8.43. The Morgan fingerprint density at radius 1 is 0.971 bits per heavy atom. The number of anilines is 1. The molecule has 1 amide bonds. The van der Waals surface area contributed by atoms with Crippen LogP contribution in [0.1, 0.15) is 54.9 Å². The monoisotopic (exact) mass is 498 g/mol. The molecule has 0 saturated carbocycles. The van der Waals surface area contributed by atoms with E-state index in [9.17, 15) is 18.0 Å². The van der Waals surface area contributed by atoms with Gasteiger partial charge >= 0.3 is 5.97 Å². The van der Waals surface area contributed by atoms with E-state index >= 15 is 0 Å². The lowest BCUT2D eigenvalue weighted by Gasteiger charge is -2.19. The lowest BCUT2D eigenvalue weighted by Crippen LogP contribution is -2.31. The third kappa shape index (κ3) is 7.02. The van der Waals surface area contributed by atoms with Crippen molar-refractivity contribution in [3.8, 4) is 0 Å². The van der Waals surface area contributed by atoms with Gasteiger partial charge in [0.15, 0.2) is 6.10 Å². The molecule has 1 aliphatic rings. The van der Waals surface area contributed by atoms with Crippen LogP contribution in [0.25, 0.3) is 6.08 Å². The van der Waals surface area contributed by atoms with Gasteiger partial charge in [-0.25, -0.2) is 13.2 Å². The summed E-state index contributed by atoms with van der Waals surface area (Å²) in [6.07, 6.45) is 5.64. The number of hydrogen-bond acceptors (Lipinski definition) is 5. The molecule has 1 heterocycles. The lowest BCUT2D eigenvalue weighted by molar-refractivity contribution is -0.148. The van der Waals surface area contributed by atoms with Crippen LogP contribution >= 0.6 is 0 Å². The van der Waals surface area contributed by atoms with Crippen LogP contribution in [0.5, 0.6) is 0 Å². The van der Waals surface area contributed by atoms with Gasteiger partial charge < -0.3 is 10.1 Å². The van der Waals surface area contributed by atoms with Gasteiger partial charge in [-0.1, -0.05) is 42.7 Å². The van der Waals surface area contributed by atoms with E-state index < -0.39 is 28.0 Å². The van der Waals surface area contributed by atoms with Crippen LogP contribution in [0.2, 0.25) is 0 Å². The molecule has 1 atom stereocenters. The van der Waals surface area contributed by atoms with Crippen LogP contribution < -0.4 is 5.32 Å². The third-order valence-corrected chi connectivity index (χ3v) is 8.00. The highest BCUT2D eigenvalue weighted by Crippen LogP contribution is 2.23. The fraction of sp³-hybridized carbons (Fsp3) is 0.407. The summed E-state index contributed by atoms with van der Waals surface area (Å²) < 4.78 is 32.6. The van der Waals surface area contributed by atoms with Gasteiger partial charge in [-0.05, 0) is 75.4 Å². The highest BCUT2D eigenvalue weighted by molar-refractivity contribution is 7.89. The van der Waals surface area contributed by atoms with Crippen LogP contribution in [0.3, 0.4) is 0 Å². The number of carbonyl (C=O) groups is 2. The molecule has 0 aliphatic carbocycles. The Labute approximate surface area is 208 Å². The van der Waals surface area contributed by atoms with Crippen molar-refractivity contribution < 1.29 is 22.7 Å². The van der Waals surface area contributed by atoms with Gasteiger partial charge in [-0.2, -0.15) is 4.31 Å². The molecule has 8 heteroatoms. The van der Waals surface area contributed by atoms with Crippen LogP contribution in [-0.4, -0.2) is 43.8 Å². The molecule has 1 aliphatic heterocycles. The van der Waals surface area contributed by atoms with Crippen LogP contribution in [0.15, 0.2) is 47.4 Å². The molecule has 1 fully saturated rings. The van der Waals surface area contributed by atoms with Gasteiger partial charge in [0.05, 0.1) is 4.90 Å². The molecule has 0 spiro atoms. The quantitative estimate of drug-likeness (QED) is 0.439. The Kier molecular flexibility index (Phi) is 8.86. The average Bonchev–Trinajstić information content (AvgIpc) is 3.10. The number of aryl methyl sites for hydroxylation is 3. The van der Waals surface area contributed by atoms with E-state index in [1.54, 1.807) is 28.6 Å². The van der Waals surface area contributed by atoms with Gasteiger partial charge in [0, 0.05) is 24.9 Å². The van der Waals surface area contributed by atoms with E-state index in [1.165, 1.54) is 19.1 Å². The van der Waals surface area contributed by atoms with Gasteiger partial charge in [0.25, 0.3) is 5.91 Å².